The normalized spacial score (nSPS) is 3.08. The zero-order chi connectivity index (χ0) is 10.1. The third-order valence-electron chi connectivity index (χ3n) is 0.0278. The Bertz CT molecular complexity index is 129. The average Bonchev–Trinajstić information content (AvgIpc) is 2.12. The predicted molar refractivity (Wildman–Crippen MR) is 103 cm³/mol. The summed E-state index contributed by atoms with van der Waals surface area (Å²) in [7, 11) is 3.26. The molecule has 0 aromatic rings. The molecule has 0 aromatic heterocycles. The van der Waals surface area contributed by atoms with Gasteiger partial charge in [-0.05, 0) is 0 Å². The van der Waals surface area contributed by atoms with Crippen LogP contribution in [0.2, 0.25) is 0 Å². The third kappa shape index (κ3) is 150. The van der Waals surface area contributed by atoms with E-state index in [2.05, 4.69) is 89.5 Å². The summed E-state index contributed by atoms with van der Waals surface area (Å²) >= 11 is 31.6. The van der Waals surface area contributed by atoms with Gasteiger partial charge in [0.15, 0.2) is 0 Å². The molecular weight excluding hydrogens is 416 g/mol. The average molecular weight is 421 g/mol. The van der Waals surface area contributed by atoms with Crippen LogP contribution >= 0.6 is 23.4 Å². The van der Waals surface area contributed by atoms with Crippen molar-refractivity contribution in [2.75, 3.05) is 0 Å². The molecule has 0 heterocycles. The predicted octanol–water partition coefficient (Wildman–Crippen LogP) is 0.145. The van der Waals surface area contributed by atoms with E-state index in [1.165, 1.54) is 17.8 Å². The van der Waals surface area contributed by atoms with Gasteiger partial charge in [0.2, 0.25) is 0 Å². The molecule has 0 fully saturated rings. The van der Waals surface area contributed by atoms with Gasteiger partial charge in [0.1, 0.15) is 0 Å². The van der Waals surface area contributed by atoms with E-state index < -0.39 is 0 Å². The van der Waals surface area contributed by atoms with Crippen LogP contribution in [0.3, 0.4) is 0 Å². The standard InChI is InChI=1S/H3P.S4.S3.2S2.H2S/c;1-3-4-2;1-3-2;2*1-2;/h1H3;;;;;1H2. The van der Waals surface area contributed by atoms with Crippen molar-refractivity contribution in [3.63, 3.8) is 0 Å². The summed E-state index contributed by atoms with van der Waals surface area (Å²) in [6.45, 7) is 0. The maximum absolute atomic E-state index is 4.33. The highest BCUT2D eigenvalue weighted by molar-refractivity contribution is 8.51. The first-order valence-corrected chi connectivity index (χ1v) is 10.5. The maximum Gasteiger partial charge on any atom is 0 e. The van der Waals surface area contributed by atoms with Crippen molar-refractivity contribution in [1.29, 1.82) is 0 Å². The molecule has 0 radical (unpaired) electrons. The van der Waals surface area contributed by atoms with Crippen LogP contribution in [-0.2, 0) is 116 Å². The fraction of sp³-hybridized carbons (Fsp3) is 0. The SMILES string of the molecule is P.S.S=S.S=S.S=S=S.S=S=S=S. The summed E-state index contributed by atoms with van der Waals surface area (Å²) in [5.74, 6) is 0. The van der Waals surface area contributed by atoms with Crippen LogP contribution in [0.25, 0.3) is 0 Å². The van der Waals surface area contributed by atoms with E-state index in [1.54, 1.807) is 0 Å². The van der Waals surface area contributed by atoms with Crippen LogP contribution in [0.4, 0.5) is 0 Å². The Morgan fingerprint density at radius 3 is 0.692 bits per heavy atom. The monoisotopic (exact) mass is 420 g/mol. The maximum atomic E-state index is 4.33. The van der Waals surface area contributed by atoms with E-state index in [4.69, 9.17) is 0 Å². The summed E-state index contributed by atoms with van der Waals surface area (Å²) in [6.07, 6.45) is 0. The summed E-state index contributed by atoms with van der Waals surface area (Å²) in [4.78, 5) is 0. The van der Waals surface area contributed by atoms with Gasteiger partial charge < -0.3 is 0 Å². The lowest BCUT2D eigenvalue weighted by Gasteiger charge is -1.14. The Morgan fingerprint density at radius 2 is 0.692 bits per heavy atom. The van der Waals surface area contributed by atoms with Crippen molar-refractivity contribution < 1.29 is 0 Å². The van der Waals surface area contributed by atoms with Crippen LogP contribution in [0, 0.1) is 0 Å². The first kappa shape index (κ1) is 36.0. The molecular formula is H5PS12. The van der Waals surface area contributed by atoms with E-state index in [9.17, 15) is 0 Å². The quantitative estimate of drug-likeness (QED) is 0.501. The fourth-order valence-electron chi connectivity index (χ4n) is 0. The zero-order valence-electron chi connectivity index (χ0n) is 5.70. The van der Waals surface area contributed by atoms with Crippen molar-refractivity contribution >= 4 is 140 Å². The van der Waals surface area contributed by atoms with Gasteiger partial charge in [0.05, 0.1) is 0 Å². The van der Waals surface area contributed by atoms with Gasteiger partial charge in [0, 0.05) is 116 Å². The molecule has 0 aliphatic carbocycles. The Hall–Kier alpha value is 3.20. The lowest BCUT2D eigenvalue weighted by Crippen LogP contribution is -1.15. The Balaban J connectivity index is -0.0000000125. The van der Waals surface area contributed by atoms with Crippen LogP contribution in [0.15, 0.2) is 0 Å². The molecule has 0 saturated carbocycles. The summed E-state index contributed by atoms with van der Waals surface area (Å²) < 4.78 is 0. The molecule has 82 valence electrons. The fourth-order valence-corrected chi connectivity index (χ4v) is 0. The van der Waals surface area contributed by atoms with Gasteiger partial charge in [-0.1, -0.05) is 0 Å². The summed E-state index contributed by atoms with van der Waals surface area (Å²) in [5, 5.41) is 0. The third-order valence-corrected chi connectivity index (χ3v) is 2.25. The van der Waals surface area contributed by atoms with Crippen LogP contribution < -0.4 is 0 Å². The second-order valence-corrected chi connectivity index (χ2v) is 5.51. The molecule has 0 saturated heterocycles. The van der Waals surface area contributed by atoms with E-state index in [-0.39, 0.29) is 23.4 Å². The van der Waals surface area contributed by atoms with Crippen molar-refractivity contribution in [3.8, 4) is 0 Å². The molecule has 13 heavy (non-hydrogen) atoms. The zero-order valence-corrected chi connectivity index (χ0v) is 17.1. The Labute approximate surface area is 137 Å². The summed E-state index contributed by atoms with van der Waals surface area (Å²) in [6, 6.07) is 0. The van der Waals surface area contributed by atoms with Gasteiger partial charge in [-0.25, -0.2) is 0 Å². The number of hydrogen-bond donors (Lipinski definition) is 0. The smallest absolute Gasteiger partial charge is 0 e. The summed E-state index contributed by atoms with van der Waals surface area (Å²) in [5.41, 5.74) is 0. The largest absolute Gasteiger partial charge is 0.197 e. The van der Waals surface area contributed by atoms with E-state index in [1.807, 2.05) is 0 Å². The molecule has 1 unspecified atom stereocenters. The molecule has 1 atom stereocenters. The molecule has 0 aliphatic rings. The van der Waals surface area contributed by atoms with Gasteiger partial charge >= 0.3 is 0 Å². The number of rotatable bonds is 0. The van der Waals surface area contributed by atoms with Crippen LogP contribution in [-0.4, -0.2) is 0 Å². The molecule has 0 nitrogen and oxygen atoms in total. The van der Waals surface area contributed by atoms with E-state index in [0.717, 1.165) is 8.88 Å². The molecule has 0 rings (SSSR count). The van der Waals surface area contributed by atoms with Gasteiger partial charge in [-0.2, -0.15) is 23.4 Å². The second-order valence-electron chi connectivity index (χ2n) is 0.204. The van der Waals surface area contributed by atoms with Crippen molar-refractivity contribution in [2.24, 2.45) is 0 Å². The highest BCUT2D eigenvalue weighted by Gasteiger charge is 1.15. The van der Waals surface area contributed by atoms with Gasteiger partial charge in [-0.3, -0.25) is 0 Å². The molecule has 0 amide bonds. The lowest BCUT2D eigenvalue weighted by atomic mass is 30.9. The molecule has 13 heteroatoms. The Kier molecular flexibility index (Phi) is 221. The highest BCUT2D eigenvalue weighted by Crippen LogP contribution is 1.14. The first-order valence-electron chi connectivity index (χ1n) is 1.17. The number of hydrogen-bond acceptors (Lipinski definition) is 8. The highest BCUT2D eigenvalue weighted by atomic mass is 33.2. The lowest BCUT2D eigenvalue weighted by molar-refractivity contribution is 6.22. The molecule has 0 bridgehead atoms. The van der Waals surface area contributed by atoms with Crippen molar-refractivity contribution in [2.45, 2.75) is 0 Å². The topological polar surface area (TPSA) is 0 Å². The molecule has 0 aromatic carbocycles. The second kappa shape index (κ2) is 79.7. The Morgan fingerprint density at radius 1 is 0.615 bits per heavy atom. The first-order chi connectivity index (χ1) is 5.33. The van der Waals surface area contributed by atoms with E-state index >= 15 is 0 Å². The minimum Gasteiger partial charge on any atom is -0.197 e. The van der Waals surface area contributed by atoms with Crippen molar-refractivity contribution in [1.82, 2.24) is 0 Å². The van der Waals surface area contributed by atoms with Crippen molar-refractivity contribution in [3.05, 3.63) is 0 Å². The molecule has 0 spiro atoms. The molecule has 0 N–H and O–H groups in total. The van der Waals surface area contributed by atoms with Crippen LogP contribution in [0.5, 0.6) is 0 Å². The molecule has 0 aliphatic heterocycles. The van der Waals surface area contributed by atoms with E-state index in [0.29, 0.717) is 0 Å². The van der Waals surface area contributed by atoms with Gasteiger partial charge in [-0.15, -0.1) is 0 Å². The minimum atomic E-state index is 0. The van der Waals surface area contributed by atoms with Crippen LogP contribution in [0.1, 0.15) is 0 Å². The minimum absolute atomic E-state index is 0. The van der Waals surface area contributed by atoms with Gasteiger partial charge in [0.25, 0.3) is 0 Å².